The van der Waals surface area contributed by atoms with Crippen LogP contribution in [0.4, 0.5) is 0 Å². The van der Waals surface area contributed by atoms with Crippen LogP contribution < -0.4 is 10.6 Å². The summed E-state index contributed by atoms with van der Waals surface area (Å²) in [6, 6.07) is 8.53. The van der Waals surface area contributed by atoms with Crippen LogP contribution in [0, 0.1) is 12.3 Å². The quantitative estimate of drug-likeness (QED) is 0.305. The van der Waals surface area contributed by atoms with Crippen LogP contribution in [-0.4, -0.2) is 25.6 Å². The summed E-state index contributed by atoms with van der Waals surface area (Å²) in [5.74, 6) is 3.37. The van der Waals surface area contributed by atoms with E-state index in [9.17, 15) is 0 Å². The molecule has 0 amide bonds. The van der Waals surface area contributed by atoms with Crippen molar-refractivity contribution in [3.8, 4) is 12.3 Å². The van der Waals surface area contributed by atoms with Crippen molar-refractivity contribution >= 4 is 45.9 Å². The van der Waals surface area contributed by atoms with Crippen molar-refractivity contribution in [1.82, 2.24) is 10.6 Å². The second kappa shape index (κ2) is 8.64. The number of nitrogens with zero attached hydrogens (tertiary/aromatic N) is 1. The van der Waals surface area contributed by atoms with E-state index >= 15 is 0 Å². The molecule has 1 aliphatic rings. The number of halogens is 2. The van der Waals surface area contributed by atoms with E-state index < -0.39 is 0 Å². The molecule has 0 aromatic heterocycles. The first-order chi connectivity index (χ1) is 9.70. The summed E-state index contributed by atoms with van der Waals surface area (Å²) < 4.78 is 1.13. The van der Waals surface area contributed by atoms with Crippen molar-refractivity contribution in [2.75, 3.05) is 19.6 Å². The van der Waals surface area contributed by atoms with Crippen LogP contribution in [0.2, 0.25) is 0 Å². The largest absolute Gasteiger partial charge is 0.357 e. The molecule has 0 radical (unpaired) electrons. The second-order valence-electron chi connectivity index (χ2n) is 5.04. The summed E-state index contributed by atoms with van der Waals surface area (Å²) >= 11 is 3.54. The fraction of sp³-hybridized carbons (Fsp3) is 0.438. The Hall–Kier alpha value is -0.740. The zero-order valence-electron chi connectivity index (χ0n) is 12.2. The van der Waals surface area contributed by atoms with Crippen LogP contribution in [-0.2, 0) is 5.41 Å². The fourth-order valence-electron chi connectivity index (χ4n) is 2.21. The van der Waals surface area contributed by atoms with Crippen LogP contribution in [0.1, 0.15) is 25.3 Å². The van der Waals surface area contributed by atoms with Gasteiger partial charge in [0, 0.05) is 16.4 Å². The van der Waals surface area contributed by atoms with Gasteiger partial charge < -0.3 is 10.6 Å². The molecule has 5 heteroatoms. The Labute approximate surface area is 152 Å². The zero-order chi connectivity index (χ0) is 14.4. The minimum Gasteiger partial charge on any atom is -0.357 e. The third-order valence-corrected chi connectivity index (χ3v) is 4.03. The van der Waals surface area contributed by atoms with Crippen LogP contribution >= 0.6 is 39.9 Å². The lowest BCUT2D eigenvalue weighted by Gasteiger charge is -2.15. The van der Waals surface area contributed by atoms with Gasteiger partial charge in [0.05, 0.1) is 13.1 Å². The van der Waals surface area contributed by atoms with E-state index in [1.165, 1.54) is 18.4 Å². The Kier molecular flexibility index (Phi) is 7.53. The standard InChI is InChI=1S/C16H20BrN3.HI/c1-3-10-19-15(18-4-2)20-12-16(8-9-16)13-6-5-7-14(17)11-13;/h1,5-7,11H,4,8-10,12H2,2H3,(H2,18,19,20);1H. The maximum atomic E-state index is 5.27. The lowest BCUT2D eigenvalue weighted by atomic mass is 9.96. The molecule has 1 aliphatic carbocycles. The molecule has 114 valence electrons. The van der Waals surface area contributed by atoms with Gasteiger partial charge in [-0.25, -0.2) is 0 Å². The van der Waals surface area contributed by atoms with E-state index in [4.69, 9.17) is 6.42 Å². The molecule has 0 atom stereocenters. The van der Waals surface area contributed by atoms with Crippen molar-refractivity contribution in [3.05, 3.63) is 34.3 Å². The third kappa shape index (κ3) is 5.19. The third-order valence-electron chi connectivity index (χ3n) is 3.53. The molecule has 21 heavy (non-hydrogen) atoms. The van der Waals surface area contributed by atoms with E-state index in [1.807, 2.05) is 6.92 Å². The molecule has 2 N–H and O–H groups in total. The molecule has 0 heterocycles. The number of nitrogens with one attached hydrogen (secondary N) is 2. The first-order valence-corrected chi connectivity index (χ1v) is 7.71. The molecule has 0 aliphatic heterocycles. The van der Waals surface area contributed by atoms with E-state index in [2.05, 4.69) is 61.7 Å². The van der Waals surface area contributed by atoms with E-state index in [0.717, 1.165) is 23.5 Å². The summed E-state index contributed by atoms with van der Waals surface area (Å²) in [6.45, 7) is 4.17. The highest BCUT2D eigenvalue weighted by atomic mass is 127. The number of hydrogen-bond donors (Lipinski definition) is 2. The molecule has 2 rings (SSSR count). The molecular formula is C16H21BrIN3. The molecular weight excluding hydrogens is 441 g/mol. The second-order valence-corrected chi connectivity index (χ2v) is 5.96. The predicted molar refractivity (Wildman–Crippen MR) is 103 cm³/mol. The van der Waals surface area contributed by atoms with E-state index in [-0.39, 0.29) is 29.4 Å². The van der Waals surface area contributed by atoms with Gasteiger partial charge in [0.1, 0.15) is 0 Å². The Morgan fingerprint density at radius 2 is 2.19 bits per heavy atom. The van der Waals surface area contributed by atoms with E-state index in [1.54, 1.807) is 0 Å². The number of terminal acetylenes is 1. The van der Waals surface area contributed by atoms with Gasteiger partial charge in [-0.1, -0.05) is 34.0 Å². The highest BCUT2D eigenvalue weighted by Crippen LogP contribution is 2.48. The van der Waals surface area contributed by atoms with Gasteiger partial charge in [0.25, 0.3) is 0 Å². The Balaban J connectivity index is 0.00000220. The Morgan fingerprint density at radius 3 is 2.76 bits per heavy atom. The average Bonchev–Trinajstić information content (AvgIpc) is 3.23. The highest BCUT2D eigenvalue weighted by molar-refractivity contribution is 14.0. The maximum absolute atomic E-state index is 5.27. The number of guanidine groups is 1. The van der Waals surface area contributed by atoms with Crippen LogP contribution in [0.5, 0.6) is 0 Å². The van der Waals surface area contributed by atoms with Gasteiger partial charge in [-0.05, 0) is 37.5 Å². The Bertz CT molecular complexity index is 533. The van der Waals surface area contributed by atoms with Crippen LogP contribution in [0.25, 0.3) is 0 Å². The monoisotopic (exact) mass is 461 g/mol. The molecule has 0 unspecified atom stereocenters. The molecule has 1 aromatic rings. The summed E-state index contributed by atoms with van der Waals surface area (Å²) in [4.78, 5) is 4.67. The van der Waals surface area contributed by atoms with Gasteiger partial charge in [-0.3, -0.25) is 4.99 Å². The van der Waals surface area contributed by atoms with Gasteiger partial charge in [0.2, 0.25) is 0 Å². The summed E-state index contributed by atoms with van der Waals surface area (Å²) in [7, 11) is 0. The topological polar surface area (TPSA) is 36.4 Å². The smallest absolute Gasteiger partial charge is 0.192 e. The average molecular weight is 462 g/mol. The summed E-state index contributed by atoms with van der Waals surface area (Å²) in [6.07, 6.45) is 7.67. The maximum Gasteiger partial charge on any atom is 0.192 e. The minimum absolute atomic E-state index is 0. The first kappa shape index (κ1) is 18.3. The van der Waals surface area contributed by atoms with Gasteiger partial charge in [-0.2, -0.15) is 0 Å². The lowest BCUT2D eigenvalue weighted by molar-refractivity contribution is 0.696. The summed E-state index contributed by atoms with van der Waals surface area (Å²) in [5.41, 5.74) is 1.57. The molecule has 0 saturated heterocycles. The van der Waals surface area contributed by atoms with Gasteiger partial charge in [0.15, 0.2) is 5.96 Å². The predicted octanol–water partition coefficient (Wildman–Crippen LogP) is 3.29. The van der Waals surface area contributed by atoms with Crippen molar-refractivity contribution in [3.63, 3.8) is 0 Å². The molecule has 3 nitrogen and oxygen atoms in total. The Morgan fingerprint density at radius 1 is 1.43 bits per heavy atom. The fourth-order valence-corrected chi connectivity index (χ4v) is 2.61. The van der Waals surface area contributed by atoms with Gasteiger partial charge in [-0.15, -0.1) is 30.4 Å². The number of aliphatic imine (C=N–C) groups is 1. The van der Waals surface area contributed by atoms with Crippen molar-refractivity contribution < 1.29 is 0 Å². The molecule has 1 aromatic carbocycles. The van der Waals surface area contributed by atoms with E-state index in [0.29, 0.717) is 6.54 Å². The summed E-state index contributed by atoms with van der Waals surface area (Å²) in [5, 5.41) is 6.34. The first-order valence-electron chi connectivity index (χ1n) is 6.92. The molecule has 1 saturated carbocycles. The zero-order valence-corrected chi connectivity index (χ0v) is 16.1. The van der Waals surface area contributed by atoms with Gasteiger partial charge >= 0.3 is 0 Å². The van der Waals surface area contributed by atoms with Crippen molar-refractivity contribution in [2.45, 2.75) is 25.2 Å². The molecule has 1 fully saturated rings. The number of hydrogen-bond acceptors (Lipinski definition) is 1. The normalized spacial score (nSPS) is 15.6. The minimum atomic E-state index is 0. The van der Waals surface area contributed by atoms with Crippen molar-refractivity contribution in [1.29, 1.82) is 0 Å². The SMILES string of the molecule is C#CCNC(=NCC1(c2cccc(Br)c2)CC1)NCC.I. The number of rotatable bonds is 5. The van der Waals surface area contributed by atoms with Crippen LogP contribution in [0.15, 0.2) is 33.7 Å². The highest BCUT2D eigenvalue weighted by Gasteiger charge is 2.44. The number of benzene rings is 1. The molecule has 0 bridgehead atoms. The van der Waals surface area contributed by atoms with Crippen molar-refractivity contribution in [2.24, 2.45) is 4.99 Å². The van der Waals surface area contributed by atoms with Crippen LogP contribution in [0.3, 0.4) is 0 Å². The molecule has 0 spiro atoms. The lowest BCUT2D eigenvalue weighted by Crippen LogP contribution is -2.38.